The maximum Gasteiger partial charge on any atom is 0.244 e. The van der Waals surface area contributed by atoms with Crippen molar-refractivity contribution in [3.8, 4) is 5.75 Å². The standard InChI is InChI=1S/C13H18N2O3S/c1-9(2)15-7-10-12(8-15)18-11-5-3-4-6-13(11)19(16,17)14-10/h3-6,9-10,12,14H,7-8H2,1-2H3/t10-,12+/m1/s1. The third-order valence-electron chi connectivity index (χ3n) is 3.75. The summed E-state index contributed by atoms with van der Waals surface area (Å²) in [5.74, 6) is 0.452. The van der Waals surface area contributed by atoms with E-state index < -0.39 is 10.0 Å². The number of ether oxygens (including phenoxy) is 1. The molecule has 2 atom stereocenters. The molecule has 19 heavy (non-hydrogen) atoms. The normalized spacial score (nSPS) is 29.4. The lowest BCUT2D eigenvalue weighted by Gasteiger charge is -2.20. The number of likely N-dealkylation sites (tertiary alicyclic amines) is 1. The van der Waals surface area contributed by atoms with Crippen molar-refractivity contribution >= 4 is 10.0 Å². The first-order valence-corrected chi connectivity index (χ1v) is 7.98. The van der Waals surface area contributed by atoms with Crippen LogP contribution in [0.15, 0.2) is 29.2 Å². The van der Waals surface area contributed by atoms with E-state index in [0.29, 0.717) is 18.3 Å². The molecule has 6 heteroatoms. The minimum Gasteiger partial charge on any atom is -0.486 e. The highest BCUT2D eigenvalue weighted by Gasteiger charge is 2.41. The molecule has 104 valence electrons. The molecule has 5 nitrogen and oxygen atoms in total. The summed E-state index contributed by atoms with van der Waals surface area (Å²) in [5, 5.41) is 0. The van der Waals surface area contributed by atoms with Crippen LogP contribution in [0.25, 0.3) is 0 Å². The maximum absolute atomic E-state index is 12.3. The van der Waals surface area contributed by atoms with Gasteiger partial charge in [-0.2, -0.15) is 0 Å². The first-order chi connectivity index (χ1) is 8.97. The van der Waals surface area contributed by atoms with Crippen LogP contribution in [0.1, 0.15) is 13.8 Å². The van der Waals surface area contributed by atoms with E-state index in [1.165, 1.54) is 0 Å². The van der Waals surface area contributed by atoms with Gasteiger partial charge in [0.15, 0.2) is 0 Å². The summed E-state index contributed by atoms with van der Waals surface area (Å²) in [7, 11) is -3.48. The van der Waals surface area contributed by atoms with Gasteiger partial charge in [-0.15, -0.1) is 0 Å². The van der Waals surface area contributed by atoms with Gasteiger partial charge in [-0.1, -0.05) is 12.1 Å². The van der Waals surface area contributed by atoms with Crippen molar-refractivity contribution in [1.29, 1.82) is 0 Å². The summed E-state index contributed by atoms with van der Waals surface area (Å²) in [4.78, 5) is 2.46. The summed E-state index contributed by atoms with van der Waals surface area (Å²) < 4.78 is 33.3. The van der Waals surface area contributed by atoms with E-state index in [0.717, 1.165) is 6.54 Å². The van der Waals surface area contributed by atoms with Crippen LogP contribution in [-0.4, -0.2) is 44.6 Å². The third kappa shape index (κ3) is 2.24. The van der Waals surface area contributed by atoms with E-state index in [1.807, 2.05) is 0 Å². The number of sulfonamides is 1. The van der Waals surface area contributed by atoms with E-state index in [-0.39, 0.29) is 17.0 Å². The molecule has 0 aliphatic carbocycles. The summed E-state index contributed by atoms with van der Waals surface area (Å²) in [6.07, 6.45) is -0.124. The molecule has 0 aromatic heterocycles. The number of nitrogens with zero attached hydrogens (tertiary/aromatic N) is 1. The smallest absolute Gasteiger partial charge is 0.244 e. The lowest BCUT2D eigenvalue weighted by atomic mass is 10.2. The van der Waals surface area contributed by atoms with Gasteiger partial charge < -0.3 is 4.74 Å². The number of hydrogen-bond acceptors (Lipinski definition) is 4. The number of hydrogen-bond donors (Lipinski definition) is 1. The maximum atomic E-state index is 12.3. The van der Waals surface area contributed by atoms with Crippen LogP contribution >= 0.6 is 0 Å². The predicted molar refractivity (Wildman–Crippen MR) is 71.7 cm³/mol. The van der Waals surface area contributed by atoms with Crippen LogP contribution in [0.5, 0.6) is 5.75 Å². The van der Waals surface area contributed by atoms with Crippen LogP contribution in [0.3, 0.4) is 0 Å². The Balaban J connectivity index is 1.97. The molecule has 0 saturated carbocycles. The highest BCUT2D eigenvalue weighted by atomic mass is 32.2. The Morgan fingerprint density at radius 1 is 1.32 bits per heavy atom. The Morgan fingerprint density at radius 2 is 2.05 bits per heavy atom. The molecular formula is C13H18N2O3S. The van der Waals surface area contributed by atoms with E-state index in [1.54, 1.807) is 24.3 Å². The van der Waals surface area contributed by atoms with Crippen LogP contribution in [0.4, 0.5) is 0 Å². The number of benzene rings is 1. The van der Waals surface area contributed by atoms with Gasteiger partial charge in [0.25, 0.3) is 0 Å². The molecule has 2 heterocycles. The molecule has 1 N–H and O–H groups in total. The second-order valence-electron chi connectivity index (χ2n) is 5.38. The van der Waals surface area contributed by atoms with E-state index in [9.17, 15) is 8.42 Å². The zero-order valence-electron chi connectivity index (χ0n) is 11.0. The summed E-state index contributed by atoms with van der Waals surface area (Å²) in [6, 6.07) is 7.01. The lowest BCUT2D eigenvalue weighted by Crippen LogP contribution is -2.42. The Kier molecular flexibility index (Phi) is 3.03. The van der Waals surface area contributed by atoms with Crippen molar-refractivity contribution in [1.82, 2.24) is 9.62 Å². The Hall–Kier alpha value is -1.11. The van der Waals surface area contributed by atoms with Crippen molar-refractivity contribution in [3.05, 3.63) is 24.3 Å². The zero-order chi connectivity index (χ0) is 13.6. The average Bonchev–Trinajstić information content (AvgIpc) is 2.68. The Morgan fingerprint density at radius 3 is 2.79 bits per heavy atom. The van der Waals surface area contributed by atoms with Crippen molar-refractivity contribution in [2.75, 3.05) is 13.1 Å². The van der Waals surface area contributed by atoms with Gasteiger partial charge in [-0.05, 0) is 26.0 Å². The third-order valence-corrected chi connectivity index (χ3v) is 5.28. The molecule has 0 bridgehead atoms. The Labute approximate surface area is 113 Å². The molecule has 2 aliphatic rings. The first kappa shape index (κ1) is 12.9. The van der Waals surface area contributed by atoms with Gasteiger partial charge in [0, 0.05) is 19.1 Å². The van der Waals surface area contributed by atoms with Gasteiger partial charge in [0.2, 0.25) is 10.0 Å². The van der Waals surface area contributed by atoms with Crippen LogP contribution in [0, 0.1) is 0 Å². The zero-order valence-corrected chi connectivity index (χ0v) is 11.9. The van der Waals surface area contributed by atoms with Gasteiger partial charge >= 0.3 is 0 Å². The lowest BCUT2D eigenvalue weighted by molar-refractivity contribution is 0.177. The highest BCUT2D eigenvalue weighted by Crippen LogP contribution is 2.30. The molecule has 2 aliphatic heterocycles. The van der Waals surface area contributed by atoms with Gasteiger partial charge in [0.05, 0.1) is 6.04 Å². The second kappa shape index (κ2) is 4.47. The van der Waals surface area contributed by atoms with Crippen molar-refractivity contribution in [2.24, 2.45) is 0 Å². The predicted octanol–water partition coefficient (Wildman–Crippen LogP) is 0.819. The van der Waals surface area contributed by atoms with Gasteiger partial charge in [-0.3, -0.25) is 4.90 Å². The summed E-state index contributed by atoms with van der Waals surface area (Å²) in [6.45, 7) is 5.65. The molecule has 0 amide bonds. The molecular weight excluding hydrogens is 264 g/mol. The first-order valence-electron chi connectivity index (χ1n) is 6.49. The fraction of sp³-hybridized carbons (Fsp3) is 0.538. The van der Waals surface area contributed by atoms with Crippen molar-refractivity contribution in [3.63, 3.8) is 0 Å². The fourth-order valence-electron chi connectivity index (χ4n) is 2.65. The number of para-hydroxylation sites is 1. The quantitative estimate of drug-likeness (QED) is 0.828. The monoisotopic (exact) mass is 282 g/mol. The van der Waals surface area contributed by atoms with Gasteiger partial charge in [-0.25, -0.2) is 13.1 Å². The largest absolute Gasteiger partial charge is 0.486 e. The van der Waals surface area contributed by atoms with E-state index >= 15 is 0 Å². The summed E-state index contributed by atoms with van der Waals surface area (Å²) >= 11 is 0. The molecule has 1 saturated heterocycles. The summed E-state index contributed by atoms with van der Waals surface area (Å²) in [5.41, 5.74) is 0. The van der Waals surface area contributed by atoms with Gasteiger partial charge in [0.1, 0.15) is 16.7 Å². The number of rotatable bonds is 1. The number of nitrogens with one attached hydrogen (secondary N) is 1. The minimum absolute atomic E-state index is 0.124. The Bertz CT molecular complexity index is 585. The van der Waals surface area contributed by atoms with Crippen molar-refractivity contribution in [2.45, 2.75) is 36.9 Å². The second-order valence-corrected chi connectivity index (χ2v) is 7.06. The molecule has 0 unspecified atom stereocenters. The molecule has 0 radical (unpaired) electrons. The SMILES string of the molecule is CC(C)N1C[C@@H]2Oc3ccccc3S(=O)(=O)N[C@@H]2C1. The van der Waals surface area contributed by atoms with Crippen LogP contribution in [-0.2, 0) is 10.0 Å². The van der Waals surface area contributed by atoms with Crippen LogP contribution < -0.4 is 9.46 Å². The fourth-order valence-corrected chi connectivity index (χ4v) is 4.04. The minimum atomic E-state index is -3.48. The molecule has 1 fully saturated rings. The highest BCUT2D eigenvalue weighted by molar-refractivity contribution is 7.89. The van der Waals surface area contributed by atoms with E-state index in [4.69, 9.17) is 4.74 Å². The molecule has 0 spiro atoms. The molecule has 1 aromatic rings. The van der Waals surface area contributed by atoms with E-state index in [2.05, 4.69) is 23.5 Å². The molecule has 3 rings (SSSR count). The molecule has 1 aromatic carbocycles. The average molecular weight is 282 g/mol. The number of fused-ring (bicyclic) bond motifs is 2. The van der Waals surface area contributed by atoms with Crippen molar-refractivity contribution < 1.29 is 13.2 Å². The van der Waals surface area contributed by atoms with Crippen LogP contribution in [0.2, 0.25) is 0 Å². The topological polar surface area (TPSA) is 58.6 Å².